The number of benzene rings is 2. The van der Waals surface area contributed by atoms with Gasteiger partial charge in [0.2, 0.25) is 21.7 Å². The van der Waals surface area contributed by atoms with E-state index in [1.807, 2.05) is 38.1 Å². The molecule has 1 atom stereocenters. The predicted molar refractivity (Wildman–Crippen MR) is 111 cm³/mol. The highest BCUT2D eigenvalue weighted by molar-refractivity contribution is 7.89. The fraction of sp³-hybridized carbons (Fsp3) is 0.333. The molecule has 0 bridgehead atoms. The van der Waals surface area contributed by atoms with Crippen LogP contribution >= 0.6 is 11.6 Å². The van der Waals surface area contributed by atoms with Crippen LogP contribution in [0.4, 0.5) is 0 Å². The van der Waals surface area contributed by atoms with E-state index in [-0.39, 0.29) is 10.8 Å². The Morgan fingerprint density at radius 2 is 1.90 bits per heavy atom. The number of rotatable bonds is 4. The molecule has 2 heterocycles. The third-order valence-electron chi connectivity index (χ3n) is 5.27. The van der Waals surface area contributed by atoms with Crippen LogP contribution in [-0.2, 0) is 10.0 Å². The zero-order valence-electron chi connectivity index (χ0n) is 16.3. The SMILES string of the molecule is Cc1ccc(-c2noc([C@@H]3CCCN(S(=O)(=O)c4ccc(C)c(Cl)c4)C3)n2)cc1. The molecule has 3 aromatic rings. The van der Waals surface area contributed by atoms with Crippen LogP contribution in [-0.4, -0.2) is 36.0 Å². The van der Waals surface area contributed by atoms with Gasteiger partial charge in [-0.15, -0.1) is 0 Å². The second-order valence-electron chi connectivity index (χ2n) is 7.44. The largest absolute Gasteiger partial charge is 0.339 e. The summed E-state index contributed by atoms with van der Waals surface area (Å²) in [4.78, 5) is 4.74. The van der Waals surface area contributed by atoms with Gasteiger partial charge in [0.1, 0.15) is 0 Å². The first-order valence-electron chi connectivity index (χ1n) is 9.51. The van der Waals surface area contributed by atoms with E-state index >= 15 is 0 Å². The van der Waals surface area contributed by atoms with Crippen molar-refractivity contribution >= 4 is 21.6 Å². The average molecular weight is 432 g/mol. The second kappa shape index (κ2) is 7.89. The van der Waals surface area contributed by atoms with Crippen LogP contribution in [0.2, 0.25) is 5.02 Å². The van der Waals surface area contributed by atoms with Gasteiger partial charge < -0.3 is 4.52 Å². The molecule has 1 aromatic heterocycles. The number of aryl methyl sites for hydroxylation is 2. The maximum absolute atomic E-state index is 13.1. The highest BCUT2D eigenvalue weighted by atomic mass is 35.5. The molecule has 0 radical (unpaired) electrons. The molecule has 2 aromatic carbocycles. The Balaban J connectivity index is 1.55. The minimum absolute atomic E-state index is 0.133. The molecule has 8 heteroatoms. The first-order chi connectivity index (χ1) is 13.8. The number of nitrogens with zero attached hydrogens (tertiary/aromatic N) is 3. The molecule has 152 valence electrons. The van der Waals surface area contributed by atoms with Crippen molar-refractivity contribution in [2.45, 2.75) is 37.5 Å². The summed E-state index contributed by atoms with van der Waals surface area (Å²) in [6.07, 6.45) is 1.53. The van der Waals surface area contributed by atoms with Crippen molar-refractivity contribution in [3.8, 4) is 11.4 Å². The van der Waals surface area contributed by atoms with Gasteiger partial charge in [-0.2, -0.15) is 9.29 Å². The van der Waals surface area contributed by atoms with E-state index in [1.165, 1.54) is 10.4 Å². The number of hydrogen-bond acceptors (Lipinski definition) is 5. The zero-order valence-corrected chi connectivity index (χ0v) is 17.9. The number of piperidine rings is 1. The number of sulfonamides is 1. The molecule has 1 fully saturated rings. The summed E-state index contributed by atoms with van der Waals surface area (Å²) >= 11 is 6.14. The van der Waals surface area contributed by atoms with Gasteiger partial charge in [0, 0.05) is 23.7 Å². The van der Waals surface area contributed by atoms with Crippen molar-refractivity contribution < 1.29 is 12.9 Å². The second-order valence-corrected chi connectivity index (χ2v) is 9.78. The Morgan fingerprint density at radius 1 is 1.14 bits per heavy atom. The van der Waals surface area contributed by atoms with Crippen molar-refractivity contribution in [2.75, 3.05) is 13.1 Å². The van der Waals surface area contributed by atoms with Gasteiger partial charge in [0.15, 0.2) is 0 Å². The molecule has 6 nitrogen and oxygen atoms in total. The summed E-state index contributed by atoms with van der Waals surface area (Å²) < 4.78 is 33.1. The first-order valence-corrected chi connectivity index (χ1v) is 11.3. The molecule has 4 rings (SSSR count). The first kappa shape index (κ1) is 20.1. The minimum atomic E-state index is -3.63. The van der Waals surface area contributed by atoms with E-state index in [0.29, 0.717) is 29.8 Å². The maximum Gasteiger partial charge on any atom is 0.243 e. The molecule has 29 heavy (non-hydrogen) atoms. The lowest BCUT2D eigenvalue weighted by molar-refractivity contribution is 0.265. The molecule has 1 saturated heterocycles. The summed E-state index contributed by atoms with van der Waals surface area (Å²) in [5.41, 5.74) is 2.87. The summed E-state index contributed by atoms with van der Waals surface area (Å²) in [7, 11) is -3.63. The van der Waals surface area contributed by atoms with E-state index in [2.05, 4.69) is 10.1 Å². The van der Waals surface area contributed by atoms with Crippen LogP contribution in [0.25, 0.3) is 11.4 Å². The van der Waals surface area contributed by atoms with Gasteiger partial charge in [-0.05, 0) is 44.4 Å². The van der Waals surface area contributed by atoms with Gasteiger partial charge in [-0.3, -0.25) is 0 Å². The van der Waals surface area contributed by atoms with E-state index < -0.39 is 10.0 Å². The lowest BCUT2D eigenvalue weighted by Crippen LogP contribution is -2.39. The summed E-state index contributed by atoms with van der Waals surface area (Å²) in [5.74, 6) is 0.860. The van der Waals surface area contributed by atoms with Crippen molar-refractivity contribution in [1.82, 2.24) is 14.4 Å². The molecular weight excluding hydrogens is 410 g/mol. The standard InChI is InChI=1S/C21H22ClN3O3S/c1-14-5-8-16(9-6-14)20-23-21(28-24-20)17-4-3-11-25(13-17)29(26,27)18-10-7-15(2)19(22)12-18/h5-10,12,17H,3-4,11,13H2,1-2H3/t17-/m1/s1. The molecule has 1 aliphatic rings. The minimum Gasteiger partial charge on any atom is -0.339 e. The third kappa shape index (κ3) is 4.08. The fourth-order valence-electron chi connectivity index (χ4n) is 3.47. The molecule has 0 unspecified atom stereocenters. The molecule has 1 aliphatic heterocycles. The quantitative estimate of drug-likeness (QED) is 0.604. The van der Waals surface area contributed by atoms with E-state index in [1.54, 1.807) is 12.1 Å². The smallest absolute Gasteiger partial charge is 0.243 e. The molecular formula is C21H22ClN3O3S. The van der Waals surface area contributed by atoms with Gasteiger partial charge in [-0.25, -0.2) is 8.42 Å². The van der Waals surface area contributed by atoms with Crippen molar-refractivity contribution in [2.24, 2.45) is 0 Å². The molecule has 0 aliphatic carbocycles. The maximum atomic E-state index is 13.1. The van der Waals surface area contributed by atoms with Crippen LogP contribution in [0.5, 0.6) is 0 Å². The molecule has 0 spiro atoms. The van der Waals surface area contributed by atoms with Gasteiger partial charge in [0.05, 0.1) is 10.8 Å². The molecule has 0 amide bonds. The summed E-state index contributed by atoms with van der Waals surface area (Å²) in [5, 5.41) is 4.53. The average Bonchev–Trinajstić information content (AvgIpc) is 3.21. The Bertz CT molecular complexity index is 1130. The van der Waals surface area contributed by atoms with Crippen LogP contribution in [0.3, 0.4) is 0 Å². The van der Waals surface area contributed by atoms with Crippen molar-refractivity contribution in [3.63, 3.8) is 0 Å². The normalized spacial score (nSPS) is 18.1. The molecule has 0 saturated carbocycles. The summed E-state index contributed by atoms with van der Waals surface area (Å²) in [6, 6.07) is 12.7. The highest BCUT2D eigenvalue weighted by Crippen LogP contribution is 2.31. The van der Waals surface area contributed by atoms with E-state index in [4.69, 9.17) is 16.1 Å². The van der Waals surface area contributed by atoms with Crippen LogP contribution in [0, 0.1) is 13.8 Å². The Kier molecular flexibility index (Phi) is 5.46. The van der Waals surface area contributed by atoms with Gasteiger partial charge >= 0.3 is 0 Å². The topological polar surface area (TPSA) is 76.3 Å². The van der Waals surface area contributed by atoms with Crippen LogP contribution in [0.15, 0.2) is 51.9 Å². The van der Waals surface area contributed by atoms with Gasteiger partial charge in [0.25, 0.3) is 0 Å². The lowest BCUT2D eigenvalue weighted by Gasteiger charge is -2.30. The van der Waals surface area contributed by atoms with Gasteiger partial charge in [-0.1, -0.05) is 52.7 Å². The van der Waals surface area contributed by atoms with Crippen LogP contribution < -0.4 is 0 Å². The number of aromatic nitrogens is 2. The van der Waals surface area contributed by atoms with Crippen LogP contribution in [0.1, 0.15) is 35.8 Å². The highest BCUT2D eigenvalue weighted by Gasteiger charge is 2.33. The lowest BCUT2D eigenvalue weighted by atomic mass is 10.00. The Hall–Kier alpha value is -2.22. The zero-order chi connectivity index (χ0) is 20.6. The summed E-state index contributed by atoms with van der Waals surface area (Å²) in [6.45, 7) is 4.63. The predicted octanol–water partition coefficient (Wildman–Crippen LogP) is 4.58. The third-order valence-corrected chi connectivity index (χ3v) is 7.53. The van der Waals surface area contributed by atoms with Crippen molar-refractivity contribution in [1.29, 1.82) is 0 Å². The Labute approximate surface area is 175 Å². The van der Waals surface area contributed by atoms with E-state index in [9.17, 15) is 8.42 Å². The number of halogens is 1. The number of hydrogen-bond donors (Lipinski definition) is 0. The van der Waals surface area contributed by atoms with E-state index in [0.717, 1.165) is 29.5 Å². The van der Waals surface area contributed by atoms with Crippen molar-refractivity contribution in [3.05, 3.63) is 64.5 Å². The fourth-order valence-corrected chi connectivity index (χ4v) is 5.26. The molecule has 0 N–H and O–H groups in total. The monoisotopic (exact) mass is 431 g/mol. The Morgan fingerprint density at radius 3 is 2.62 bits per heavy atom.